The first-order valence-electron chi connectivity index (χ1n) is 4.97. The summed E-state index contributed by atoms with van der Waals surface area (Å²) in [5.74, 6) is -2.56. The Bertz CT molecular complexity index is 492. The number of carbonyl (C=O) groups is 2. The number of benzene rings is 1. The first-order chi connectivity index (χ1) is 7.99. The average Bonchev–Trinajstić information content (AvgIpc) is 2.61. The van der Waals surface area contributed by atoms with Crippen molar-refractivity contribution in [2.75, 3.05) is 11.4 Å². The van der Waals surface area contributed by atoms with Gasteiger partial charge in [0.25, 0.3) is 0 Å². The highest BCUT2D eigenvalue weighted by Gasteiger charge is 2.35. The van der Waals surface area contributed by atoms with Crippen LogP contribution < -0.4 is 4.90 Å². The fourth-order valence-corrected chi connectivity index (χ4v) is 2.08. The summed E-state index contributed by atoms with van der Waals surface area (Å²) in [6.07, 6.45) is -0.0525. The second-order valence-corrected chi connectivity index (χ2v) is 4.25. The number of aliphatic carboxylic acids is 1. The molecule has 0 spiro atoms. The van der Waals surface area contributed by atoms with Crippen LogP contribution in [0.1, 0.15) is 6.42 Å². The molecule has 90 valence electrons. The van der Waals surface area contributed by atoms with Gasteiger partial charge in [-0.3, -0.25) is 9.59 Å². The van der Waals surface area contributed by atoms with E-state index < -0.39 is 17.7 Å². The molecule has 1 saturated heterocycles. The van der Waals surface area contributed by atoms with E-state index in [1.807, 2.05) is 0 Å². The summed E-state index contributed by atoms with van der Waals surface area (Å²) in [6.45, 7) is 0.0690. The Hall–Kier alpha value is -1.62. The van der Waals surface area contributed by atoms with E-state index >= 15 is 0 Å². The maximum absolute atomic E-state index is 12.9. The van der Waals surface area contributed by atoms with Crippen molar-refractivity contribution in [1.29, 1.82) is 0 Å². The molecule has 0 bridgehead atoms. The minimum Gasteiger partial charge on any atom is -0.481 e. The smallest absolute Gasteiger partial charge is 0.308 e. The zero-order valence-electron chi connectivity index (χ0n) is 8.69. The lowest BCUT2D eigenvalue weighted by Gasteiger charge is -2.17. The molecule has 0 aliphatic carbocycles. The van der Waals surface area contributed by atoms with Gasteiger partial charge in [0.2, 0.25) is 5.91 Å². The number of anilines is 1. The number of rotatable bonds is 2. The number of amides is 1. The molecule has 1 heterocycles. The van der Waals surface area contributed by atoms with E-state index in [0.717, 1.165) is 6.07 Å². The Balaban J connectivity index is 2.29. The second-order valence-electron chi connectivity index (χ2n) is 3.84. The fraction of sp³-hybridized carbons (Fsp3) is 0.273. The van der Waals surface area contributed by atoms with Crippen molar-refractivity contribution in [2.24, 2.45) is 5.92 Å². The largest absolute Gasteiger partial charge is 0.481 e. The molecule has 4 nitrogen and oxygen atoms in total. The Morgan fingerprint density at radius 1 is 1.53 bits per heavy atom. The number of carboxylic acid groups (broad SMARTS) is 1. The molecule has 1 atom stereocenters. The van der Waals surface area contributed by atoms with Crippen LogP contribution in [0.5, 0.6) is 0 Å². The third-order valence-corrected chi connectivity index (χ3v) is 2.98. The lowest BCUT2D eigenvalue weighted by Crippen LogP contribution is -2.26. The standard InChI is InChI=1S/C11H9ClFNO3/c12-8-4-7(13)1-2-9(8)14-5-6(11(16)17)3-10(14)15/h1-2,4,6H,3,5H2,(H,16,17). The normalized spacial score (nSPS) is 19.8. The van der Waals surface area contributed by atoms with Crippen LogP contribution in [-0.4, -0.2) is 23.5 Å². The van der Waals surface area contributed by atoms with Crippen molar-refractivity contribution in [1.82, 2.24) is 0 Å². The van der Waals surface area contributed by atoms with E-state index in [-0.39, 0.29) is 23.9 Å². The predicted octanol–water partition coefficient (Wildman–Crippen LogP) is 1.92. The van der Waals surface area contributed by atoms with E-state index in [0.29, 0.717) is 5.69 Å². The summed E-state index contributed by atoms with van der Waals surface area (Å²) in [5, 5.41) is 8.94. The first kappa shape index (κ1) is 11.9. The van der Waals surface area contributed by atoms with Crippen LogP contribution >= 0.6 is 11.6 Å². The van der Waals surface area contributed by atoms with Crippen LogP contribution in [0.3, 0.4) is 0 Å². The third kappa shape index (κ3) is 2.24. The highest BCUT2D eigenvalue weighted by molar-refractivity contribution is 6.33. The van der Waals surface area contributed by atoms with Crippen LogP contribution in [0.25, 0.3) is 0 Å². The van der Waals surface area contributed by atoms with Crippen LogP contribution in [0, 0.1) is 11.7 Å². The van der Waals surface area contributed by atoms with Gasteiger partial charge in [0.1, 0.15) is 5.82 Å². The Kier molecular flexibility index (Phi) is 3.02. The minimum atomic E-state index is -1.01. The fourth-order valence-electron chi connectivity index (χ4n) is 1.81. The summed E-state index contributed by atoms with van der Waals surface area (Å²) in [4.78, 5) is 23.7. The van der Waals surface area contributed by atoms with E-state index in [4.69, 9.17) is 16.7 Å². The molecule has 6 heteroatoms. The van der Waals surface area contributed by atoms with Gasteiger partial charge in [-0.1, -0.05) is 11.6 Å². The lowest BCUT2D eigenvalue weighted by molar-refractivity contribution is -0.141. The molecule has 0 radical (unpaired) electrons. The number of carbonyl (C=O) groups excluding carboxylic acids is 1. The second kappa shape index (κ2) is 4.33. The minimum absolute atomic E-state index is 0.0525. The van der Waals surface area contributed by atoms with Gasteiger partial charge in [-0.25, -0.2) is 4.39 Å². The van der Waals surface area contributed by atoms with Crippen molar-refractivity contribution < 1.29 is 19.1 Å². The molecule has 0 aromatic heterocycles. The van der Waals surface area contributed by atoms with Gasteiger partial charge in [-0.15, -0.1) is 0 Å². The molecule has 1 aromatic carbocycles. The van der Waals surface area contributed by atoms with Crippen LogP contribution in [0.4, 0.5) is 10.1 Å². The van der Waals surface area contributed by atoms with E-state index in [9.17, 15) is 14.0 Å². The molecule has 17 heavy (non-hydrogen) atoms. The molecular weight excluding hydrogens is 249 g/mol. The summed E-state index contributed by atoms with van der Waals surface area (Å²) in [7, 11) is 0. The molecule has 1 amide bonds. The Morgan fingerprint density at radius 2 is 2.24 bits per heavy atom. The predicted molar refractivity (Wildman–Crippen MR) is 59.5 cm³/mol. The average molecular weight is 258 g/mol. The maximum atomic E-state index is 12.9. The molecule has 1 aromatic rings. The molecule has 1 N–H and O–H groups in total. The van der Waals surface area contributed by atoms with Gasteiger partial charge >= 0.3 is 5.97 Å². The van der Waals surface area contributed by atoms with Crippen molar-refractivity contribution in [3.05, 3.63) is 29.0 Å². The monoisotopic (exact) mass is 257 g/mol. The van der Waals surface area contributed by atoms with Gasteiger partial charge in [-0.2, -0.15) is 0 Å². The quantitative estimate of drug-likeness (QED) is 0.881. The molecule has 1 aliphatic rings. The summed E-state index contributed by atoms with van der Waals surface area (Å²) in [5.41, 5.74) is 0.349. The molecule has 2 rings (SSSR count). The molecule has 1 aliphatic heterocycles. The Labute approximate surface area is 102 Å². The third-order valence-electron chi connectivity index (χ3n) is 2.67. The maximum Gasteiger partial charge on any atom is 0.308 e. The Morgan fingerprint density at radius 3 is 2.76 bits per heavy atom. The number of hydrogen-bond donors (Lipinski definition) is 1. The number of halogens is 2. The van der Waals surface area contributed by atoms with Gasteiger partial charge < -0.3 is 10.0 Å². The summed E-state index contributed by atoms with van der Waals surface area (Å²) >= 11 is 5.82. The number of carboxylic acids is 1. The SMILES string of the molecule is O=C(O)C1CC(=O)N(c2ccc(F)cc2Cl)C1. The van der Waals surface area contributed by atoms with E-state index in [2.05, 4.69) is 0 Å². The van der Waals surface area contributed by atoms with Gasteiger partial charge in [0, 0.05) is 13.0 Å². The van der Waals surface area contributed by atoms with Crippen LogP contribution in [-0.2, 0) is 9.59 Å². The zero-order chi connectivity index (χ0) is 12.6. The molecule has 1 unspecified atom stereocenters. The first-order valence-corrected chi connectivity index (χ1v) is 5.35. The highest BCUT2D eigenvalue weighted by Crippen LogP contribution is 2.31. The topological polar surface area (TPSA) is 57.6 Å². The van der Waals surface area contributed by atoms with Crippen molar-refractivity contribution in [3.63, 3.8) is 0 Å². The summed E-state index contributed by atoms with van der Waals surface area (Å²) < 4.78 is 12.9. The zero-order valence-corrected chi connectivity index (χ0v) is 9.45. The lowest BCUT2D eigenvalue weighted by atomic mass is 10.1. The van der Waals surface area contributed by atoms with E-state index in [1.54, 1.807) is 0 Å². The summed E-state index contributed by atoms with van der Waals surface area (Å²) in [6, 6.07) is 3.65. The van der Waals surface area contributed by atoms with Crippen molar-refractivity contribution in [3.8, 4) is 0 Å². The van der Waals surface area contributed by atoms with Crippen LogP contribution in [0.15, 0.2) is 18.2 Å². The number of nitrogens with zero attached hydrogens (tertiary/aromatic N) is 1. The molecule has 0 saturated carbocycles. The van der Waals surface area contributed by atoms with Gasteiger partial charge in [0.15, 0.2) is 0 Å². The molecule has 1 fully saturated rings. The van der Waals surface area contributed by atoms with Crippen LogP contribution in [0.2, 0.25) is 5.02 Å². The van der Waals surface area contributed by atoms with Gasteiger partial charge in [-0.05, 0) is 18.2 Å². The highest BCUT2D eigenvalue weighted by atomic mass is 35.5. The molecular formula is C11H9ClFNO3. The van der Waals surface area contributed by atoms with E-state index in [1.165, 1.54) is 17.0 Å². The van der Waals surface area contributed by atoms with Crippen molar-refractivity contribution in [2.45, 2.75) is 6.42 Å². The number of hydrogen-bond acceptors (Lipinski definition) is 2. The van der Waals surface area contributed by atoms with Gasteiger partial charge in [0.05, 0.1) is 16.6 Å². The van der Waals surface area contributed by atoms with Crippen molar-refractivity contribution >= 4 is 29.2 Å².